The van der Waals surface area contributed by atoms with Gasteiger partial charge in [0.1, 0.15) is 0 Å². The average molecular weight is 150 g/mol. The van der Waals surface area contributed by atoms with Crippen LogP contribution in [0, 0.1) is 11.8 Å². The van der Waals surface area contributed by atoms with Crippen molar-refractivity contribution in [1.29, 1.82) is 0 Å². The van der Waals surface area contributed by atoms with E-state index in [0.29, 0.717) is 0 Å². The third-order valence-electron chi connectivity index (χ3n) is 2.30. The highest BCUT2D eigenvalue weighted by atomic mass is 14.3. The van der Waals surface area contributed by atoms with Crippen LogP contribution in [-0.2, 0) is 0 Å². The zero-order chi connectivity index (χ0) is 8.10. The van der Waals surface area contributed by atoms with Crippen molar-refractivity contribution in [3.05, 3.63) is 24.8 Å². The van der Waals surface area contributed by atoms with Crippen molar-refractivity contribution in [2.24, 2.45) is 11.8 Å². The number of allylic oxidation sites excluding steroid dienone is 3. The Morgan fingerprint density at radius 3 is 2.82 bits per heavy atom. The topological polar surface area (TPSA) is 0 Å². The normalized spacial score (nSPS) is 29.2. The molecule has 1 fully saturated rings. The largest absolute Gasteiger partial charge is 0.103 e. The summed E-state index contributed by atoms with van der Waals surface area (Å²) in [4.78, 5) is 0. The van der Waals surface area contributed by atoms with Crippen LogP contribution < -0.4 is 0 Å². The van der Waals surface area contributed by atoms with Crippen LogP contribution in [0.1, 0.15) is 32.6 Å². The predicted molar refractivity (Wildman–Crippen MR) is 50.5 cm³/mol. The van der Waals surface area contributed by atoms with Crippen LogP contribution in [0.2, 0.25) is 0 Å². The van der Waals surface area contributed by atoms with Crippen LogP contribution in [0.15, 0.2) is 24.8 Å². The van der Waals surface area contributed by atoms with Crippen molar-refractivity contribution in [3.63, 3.8) is 0 Å². The van der Waals surface area contributed by atoms with Crippen molar-refractivity contribution in [2.45, 2.75) is 32.6 Å². The maximum atomic E-state index is 3.78. The van der Waals surface area contributed by atoms with Gasteiger partial charge in [0.2, 0.25) is 0 Å². The lowest BCUT2D eigenvalue weighted by molar-refractivity contribution is 0.810. The molecule has 0 radical (unpaired) electrons. The summed E-state index contributed by atoms with van der Waals surface area (Å²) in [6.45, 7) is 6.02. The van der Waals surface area contributed by atoms with E-state index in [4.69, 9.17) is 0 Å². The Hall–Kier alpha value is -0.520. The lowest BCUT2D eigenvalue weighted by Gasteiger charge is -1.87. The SMILES string of the molecule is C=CC1CC1C=CCCCC. The fraction of sp³-hybridized carbons (Fsp3) is 0.636. The van der Waals surface area contributed by atoms with Crippen molar-refractivity contribution >= 4 is 0 Å². The van der Waals surface area contributed by atoms with Crippen molar-refractivity contribution < 1.29 is 0 Å². The van der Waals surface area contributed by atoms with Gasteiger partial charge in [-0.25, -0.2) is 0 Å². The smallest absolute Gasteiger partial charge is 0.0165 e. The first-order valence-electron chi connectivity index (χ1n) is 4.67. The van der Waals surface area contributed by atoms with Gasteiger partial charge in [0.15, 0.2) is 0 Å². The monoisotopic (exact) mass is 150 g/mol. The summed E-state index contributed by atoms with van der Waals surface area (Å²) < 4.78 is 0. The molecule has 0 bridgehead atoms. The molecule has 1 saturated carbocycles. The molecule has 2 unspecified atom stereocenters. The average Bonchev–Trinajstić information content (AvgIpc) is 2.77. The van der Waals surface area contributed by atoms with Gasteiger partial charge in [-0.1, -0.05) is 38.0 Å². The Morgan fingerprint density at radius 2 is 2.27 bits per heavy atom. The Kier molecular flexibility index (Phi) is 3.41. The molecule has 2 atom stereocenters. The maximum Gasteiger partial charge on any atom is -0.0165 e. The summed E-state index contributed by atoms with van der Waals surface area (Å²) in [5, 5.41) is 0. The second-order valence-corrected chi connectivity index (χ2v) is 3.37. The van der Waals surface area contributed by atoms with Gasteiger partial charge in [-0.3, -0.25) is 0 Å². The van der Waals surface area contributed by atoms with Gasteiger partial charge in [0.25, 0.3) is 0 Å². The van der Waals surface area contributed by atoms with Crippen molar-refractivity contribution in [1.82, 2.24) is 0 Å². The van der Waals surface area contributed by atoms with E-state index in [2.05, 4.69) is 31.7 Å². The molecule has 11 heavy (non-hydrogen) atoms. The molecule has 0 N–H and O–H groups in total. The number of hydrogen-bond acceptors (Lipinski definition) is 0. The molecule has 0 aromatic rings. The second-order valence-electron chi connectivity index (χ2n) is 3.37. The molecule has 0 aromatic heterocycles. The van der Waals surface area contributed by atoms with Crippen LogP contribution in [-0.4, -0.2) is 0 Å². The minimum Gasteiger partial charge on any atom is -0.103 e. The fourth-order valence-electron chi connectivity index (χ4n) is 1.32. The van der Waals surface area contributed by atoms with Crippen LogP contribution in [0.4, 0.5) is 0 Å². The van der Waals surface area contributed by atoms with Crippen LogP contribution in [0.25, 0.3) is 0 Å². The third-order valence-corrected chi connectivity index (χ3v) is 2.30. The number of unbranched alkanes of at least 4 members (excludes halogenated alkanes) is 2. The zero-order valence-corrected chi connectivity index (χ0v) is 7.42. The molecular weight excluding hydrogens is 132 g/mol. The third kappa shape index (κ3) is 2.92. The molecule has 0 amide bonds. The second kappa shape index (κ2) is 4.38. The molecule has 0 heterocycles. The van der Waals surface area contributed by atoms with Gasteiger partial charge in [-0.2, -0.15) is 0 Å². The first-order valence-corrected chi connectivity index (χ1v) is 4.67. The van der Waals surface area contributed by atoms with E-state index in [-0.39, 0.29) is 0 Å². The first-order chi connectivity index (χ1) is 5.38. The summed E-state index contributed by atoms with van der Waals surface area (Å²) in [6, 6.07) is 0. The van der Waals surface area contributed by atoms with E-state index < -0.39 is 0 Å². The molecule has 0 heteroatoms. The van der Waals surface area contributed by atoms with E-state index in [9.17, 15) is 0 Å². The summed E-state index contributed by atoms with van der Waals surface area (Å²) in [6.07, 6.45) is 12.0. The van der Waals surface area contributed by atoms with Gasteiger partial charge in [-0.15, -0.1) is 6.58 Å². The van der Waals surface area contributed by atoms with E-state index in [0.717, 1.165) is 11.8 Å². The summed E-state index contributed by atoms with van der Waals surface area (Å²) in [5.74, 6) is 1.64. The van der Waals surface area contributed by atoms with Crippen LogP contribution in [0.5, 0.6) is 0 Å². The molecular formula is C11H18. The van der Waals surface area contributed by atoms with E-state index >= 15 is 0 Å². The zero-order valence-electron chi connectivity index (χ0n) is 7.42. The molecule has 1 aliphatic carbocycles. The fourth-order valence-corrected chi connectivity index (χ4v) is 1.32. The van der Waals surface area contributed by atoms with Gasteiger partial charge in [0.05, 0.1) is 0 Å². The van der Waals surface area contributed by atoms with Crippen molar-refractivity contribution in [2.75, 3.05) is 0 Å². The van der Waals surface area contributed by atoms with Gasteiger partial charge in [0, 0.05) is 0 Å². The standard InChI is InChI=1S/C11H18/c1-3-5-6-7-8-11-9-10(11)4-2/h4,7-8,10-11H,2-3,5-6,9H2,1H3. The minimum atomic E-state index is 0.799. The lowest BCUT2D eigenvalue weighted by Crippen LogP contribution is -1.71. The first kappa shape index (κ1) is 8.58. The van der Waals surface area contributed by atoms with Crippen LogP contribution in [0.3, 0.4) is 0 Å². The Bertz CT molecular complexity index is 144. The molecule has 1 rings (SSSR count). The highest BCUT2D eigenvalue weighted by molar-refractivity contribution is 5.08. The van der Waals surface area contributed by atoms with Gasteiger partial charge >= 0.3 is 0 Å². The van der Waals surface area contributed by atoms with Crippen molar-refractivity contribution in [3.8, 4) is 0 Å². The summed E-state index contributed by atoms with van der Waals surface area (Å²) in [5.41, 5.74) is 0. The predicted octanol–water partition coefficient (Wildman–Crippen LogP) is 3.55. The van der Waals surface area contributed by atoms with Gasteiger partial charge < -0.3 is 0 Å². The Labute approximate surface area is 70.0 Å². The highest BCUT2D eigenvalue weighted by Gasteiger charge is 2.31. The Balaban J connectivity index is 2.03. The number of rotatable bonds is 5. The van der Waals surface area contributed by atoms with Crippen LogP contribution >= 0.6 is 0 Å². The summed E-state index contributed by atoms with van der Waals surface area (Å²) >= 11 is 0. The quantitative estimate of drug-likeness (QED) is 0.415. The van der Waals surface area contributed by atoms with E-state index in [1.54, 1.807) is 0 Å². The summed E-state index contributed by atoms with van der Waals surface area (Å²) in [7, 11) is 0. The molecule has 1 aliphatic rings. The lowest BCUT2D eigenvalue weighted by atomic mass is 10.2. The van der Waals surface area contributed by atoms with E-state index in [1.165, 1.54) is 25.7 Å². The maximum absolute atomic E-state index is 3.78. The highest BCUT2D eigenvalue weighted by Crippen LogP contribution is 2.40. The Morgan fingerprint density at radius 1 is 1.45 bits per heavy atom. The molecule has 0 aromatic carbocycles. The molecule has 0 aliphatic heterocycles. The number of hydrogen-bond donors (Lipinski definition) is 0. The molecule has 0 nitrogen and oxygen atoms in total. The molecule has 0 saturated heterocycles. The molecule has 62 valence electrons. The minimum absolute atomic E-state index is 0.799. The van der Waals surface area contributed by atoms with E-state index in [1.807, 2.05) is 0 Å². The molecule has 0 spiro atoms. The van der Waals surface area contributed by atoms with Gasteiger partial charge in [-0.05, 0) is 24.7 Å².